The third kappa shape index (κ3) is 3.27. The van der Waals surface area contributed by atoms with Crippen molar-refractivity contribution in [2.75, 3.05) is 13.1 Å². The number of carboxylic acid groups (broad SMARTS) is 1. The van der Waals surface area contributed by atoms with Crippen molar-refractivity contribution in [3.8, 4) is 0 Å². The van der Waals surface area contributed by atoms with Crippen LogP contribution in [-0.2, 0) is 10.0 Å². The number of nitrogens with zero attached hydrogens (tertiary/aromatic N) is 1. The zero-order valence-corrected chi connectivity index (χ0v) is 13.2. The van der Waals surface area contributed by atoms with Gasteiger partial charge < -0.3 is 5.11 Å². The van der Waals surface area contributed by atoms with Crippen LogP contribution in [0.5, 0.6) is 0 Å². The lowest BCUT2D eigenvalue weighted by Crippen LogP contribution is -2.41. The van der Waals surface area contributed by atoms with Gasteiger partial charge in [0, 0.05) is 13.1 Å². The number of carbonyl (C=O) groups is 1. The van der Waals surface area contributed by atoms with E-state index in [1.165, 1.54) is 28.6 Å². The van der Waals surface area contributed by atoms with E-state index in [9.17, 15) is 13.2 Å². The maximum absolute atomic E-state index is 12.5. The van der Waals surface area contributed by atoms with E-state index < -0.39 is 16.0 Å². The zero-order valence-electron chi connectivity index (χ0n) is 12.4. The van der Waals surface area contributed by atoms with Gasteiger partial charge in [-0.3, -0.25) is 0 Å². The van der Waals surface area contributed by atoms with E-state index >= 15 is 0 Å². The molecule has 21 heavy (non-hydrogen) atoms. The summed E-state index contributed by atoms with van der Waals surface area (Å²) in [5, 5.41) is 8.85. The van der Waals surface area contributed by atoms with Gasteiger partial charge in [-0.1, -0.05) is 20.3 Å². The monoisotopic (exact) mass is 311 g/mol. The molecule has 1 aliphatic rings. The van der Waals surface area contributed by atoms with Crippen molar-refractivity contribution >= 4 is 16.0 Å². The molecule has 0 radical (unpaired) electrons. The van der Waals surface area contributed by atoms with E-state index in [-0.39, 0.29) is 15.9 Å². The van der Waals surface area contributed by atoms with E-state index in [1.54, 1.807) is 0 Å². The lowest BCUT2D eigenvalue weighted by molar-refractivity contribution is 0.0696. The van der Waals surface area contributed by atoms with Gasteiger partial charge in [-0.25, -0.2) is 13.2 Å². The zero-order chi connectivity index (χ0) is 15.7. The summed E-state index contributed by atoms with van der Waals surface area (Å²) in [6, 6.07) is 5.39. The Morgan fingerprint density at radius 2 is 1.76 bits per heavy atom. The lowest BCUT2D eigenvalue weighted by Gasteiger charge is -2.38. The van der Waals surface area contributed by atoms with Crippen LogP contribution in [-0.4, -0.2) is 36.9 Å². The molecule has 0 aliphatic carbocycles. The van der Waals surface area contributed by atoms with Crippen LogP contribution in [0.2, 0.25) is 0 Å². The van der Waals surface area contributed by atoms with E-state index in [0.29, 0.717) is 13.1 Å². The molecule has 1 heterocycles. The fraction of sp³-hybridized carbons (Fsp3) is 0.533. The minimum atomic E-state index is -3.52. The van der Waals surface area contributed by atoms with Crippen molar-refractivity contribution in [2.24, 2.45) is 5.41 Å². The summed E-state index contributed by atoms with van der Waals surface area (Å²) in [7, 11) is -3.52. The third-order valence-corrected chi connectivity index (χ3v) is 6.43. The number of benzene rings is 1. The molecule has 0 atom stereocenters. The van der Waals surface area contributed by atoms with Crippen molar-refractivity contribution in [2.45, 2.75) is 38.0 Å². The van der Waals surface area contributed by atoms with Gasteiger partial charge in [0.05, 0.1) is 10.5 Å². The Morgan fingerprint density at radius 3 is 2.19 bits per heavy atom. The van der Waals surface area contributed by atoms with E-state index in [0.717, 1.165) is 19.3 Å². The average molecular weight is 311 g/mol. The Bertz CT molecular complexity index is 614. The van der Waals surface area contributed by atoms with Crippen LogP contribution in [0.25, 0.3) is 0 Å². The summed E-state index contributed by atoms with van der Waals surface area (Å²) >= 11 is 0. The quantitative estimate of drug-likeness (QED) is 0.927. The van der Waals surface area contributed by atoms with Gasteiger partial charge in [-0.2, -0.15) is 4.31 Å². The highest BCUT2D eigenvalue weighted by Gasteiger charge is 2.34. The molecular weight excluding hydrogens is 290 g/mol. The molecule has 116 valence electrons. The summed E-state index contributed by atoms with van der Waals surface area (Å²) in [5.41, 5.74) is 0.310. The standard InChI is InChI=1S/C15H21NO4S/c1-3-15(2)8-10-16(11-9-15)21(19,20)13-6-4-12(5-7-13)14(17)18/h4-7H,3,8-11H2,1-2H3,(H,17,18). The molecule has 0 spiro atoms. The van der Waals surface area contributed by atoms with Crippen molar-refractivity contribution < 1.29 is 18.3 Å². The minimum Gasteiger partial charge on any atom is -0.478 e. The van der Waals surface area contributed by atoms with E-state index in [2.05, 4.69) is 13.8 Å². The first-order valence-corrected chi connectivity index (χ1v) is 8.56. The molecule has 6 heteroatoms. The van der Waals surface area contributed by atoms with Crippen LogP contribution in [0.15, 0.2) is 29.2 Å². The number of aromatic carboxylic acids is 1. The average Bonchev–Trinajstić information content (AvgIpc) is 2.48. The van der Waals surface area contributed by atoms with E-state index in [4.69, 9.17) is 5.11 Å². The SMILES string of the molecule is CCC1(C)CCN(S(=O)(=O)c2ccc(C(=O)O)cc2)CC1. The Labute approximate surface area is 125 Å². The normalized spacial score (nSPS) is 19.3. The first-order valence-electron chi connectivity index (χ1n) is 7.12. The summed E-state index contributed by atoms with van der Waals surface area (Å²) < 4.78 is 26.6. The van der Waals surface area contributed by atoms with Gasteiger partial charge in [0.2, 0.25) is 10.0 Å². The van der Waals surface area contributed by atoms with Crippen LogP contribution in [0.3, 0.4) is 0 Å². The van der Waals surface area contributed by atoms with Crippen LogP contribution in [0.1, 0.15) is 43.5 Å². The molecule has 0 saturated carbocycles. The molecule has 1 aliphatic heterocycles. The molecule has 1 saturated heterocycles. The number of piperidine rings is 1. The van der Waals surface area contributed by atoms with Crippen molar-refractivity contribution in [1.29, 1.82) is 0 Å². The van der Waals surface area contributed by atoms with Crippen LogP contribution >= 0.6 is 0 Å². The van der Waals surface area contributed by atoms with Gasteiger partial charge in [0.1, 0.15) is 0 Å². The molecule has 1 aromatic carbocycles. The Hall–Kier alpha value is -1.40. The predicted octanol–water partition coefficient (Wildman–Crippen LogP) is 2.59. The molecule has 0 aromatic heterocycles. The molecule has 0 bridgehead atoms. The van der Waals surface area contributed by atoms with Crippen LogP contribution in [0.4, 0.5) is 0 Å². The second-order valence-electron chi connectivity index (χ2n) is 5.90. The summed E-state index contributed by atoms with van der Waals surface area (Å²) in [6.07, 6.45) is 2.76. The number of rotatable bonds is 4. The number of sulfonamides is 1. The lowest BCUT2D eigenvalue weighted by atomic mass is 9.79. The highest BCUT2D eigenvalue weighted by Crippen LogP contribution is 2.35. The molecule has 1 aromatic rings. The molecule has 0 unspecified atom stereocenters. The van der Waals surface area contributed by atoms with Crippen molar-refractivity contribution in [3.05, 3.63) is 29.8 Å². The fourth-order valence-corrected chi connectivity index (χ4v) is 3.98. The first kappa shape index (κ1) is 16.0. The molecule has 0 amide bonds. The van der Waals surface area contributed by atoms with Crippen molar-refractivity contribution in [1.82, 2.24) is 4.31 Å². The van der Waals surface area contributed by atoms with Crippen molar-refractivity contribution in [3.63, 3.8) is 0 Å². The van der Waals surface area contributed by atoms with Gasteiger partial charge in [0.25, 0.3) is 0 Å². The van der Waals surface area contributed by atoms with Gasteiger partial charge >= 0.3 is 5.97 Å². The largest absolute Gasteiger partial charge is 0.478 e. The second kappa shape index (κ2) is 5.77. The predicted molar refractivity (Wildman–Crippen MR) is 79.8 cm³/mol. The Balaban J connectivity index is 2.17. The topological polar surface area (TPSA) is 74.7 Å². The summed E-state index contributed by atoms with van der Waals surface area (Å²) in [4.78, 5) is 11.0. The summed E-state index contributed by atoms with van der Waals surface area (Å²) in [5.74, 6) is -1.06. The Morgan fingerprint density at radius 1 is 1.24 bits per heavy atom. The smallest absolute Gasteiger partial charge is 0.335 e. The summed E-state index contributed by atoms with van der Waals surface area (Å²) in [6.45, 7) is 5.37. The fourth-order valence-electron chi connectivity index (χ4n) is 2.54. The van der Waals surface area contributed by atoms with Crippen LogP contribution in [0, 0.1) is 5.41 Å². The maximum atomic E-state index is 12.5. The molecule has 1 fully saturated rings. The highest BCUT2D eigenvalue weighted by atomic mass is 32.2. The molecule has 5 nitrogen and oxygen atoms in total. The van der Waals surface area contributed by atoms with Gasteiger partial charge in [-0.15, -0.1) is 0 Å². The number of hydrogen-bond acceptors (Lipinski definition) is 3. The van der Waals surface area contributed by atoms with Gasteiger partial charge in [-0.05, 0) is 42.5 Å². The van der Waals surface area contributed by atoms with Crippen LogP contribution < -0.4 is 0 Å². The minimum absolute atomic E-state index is 0.0890. The molecule has 2 rings (SSSR count). The second-order valence-corrected chi connectivity index (χ2v) is 7.84. The molecule has 1 N–H and O–H groups in total. The number of carboxylic acids is 1. The first-order chi connectivity index (χ1) is 9.78. The maximum Gasteiger partial charge on any atom is 0.335 e. The van der Waals surface area contributed by atoms with Gasteiger partial charge in [0.15, 0.2) is 0 Å². The third-order valence-electron chi connectivity index (χ3n) is 4.52. The highest BCUT2D eigenvalue weighted by molar-refractivity contribution is 7.89. The van der Waals surface area contributed by atoms with E-state index in [1.807, 2.05) is 0 Å². The Kier molecular flexibility index (Phi) is 4.39. The number of hydrogen-bond donors (Lipinski definition) is 1. The molecular formula is C15H21NO4S.